The molecular weight excluding hydrogens is 496 g/mol. The first-order chi connectivity index (χ1) is 17.5. The average molecular weight is 531 g/mol. The molecular formula is C25H34N6O5S. The van der Waals surface area contributed by atoms with Gasteiger partial charge < -0.3 is 25.6 Å². The van der Waals surface area contributed by atoms with Crippen molar-refractivity contribution in [3.63, 3.8) is 0 Å². The van der Waals surface area contributed by atoms with E-state index in [0.717, 1.165) is 0 Å². The van der Waals surface area contributed by atoms with Crippen LogP contribution in [0.5, 0.6) is 0 Å². The van der Waals surface area contributed by atoms with Crippen molar-refractivity contribution in [1.29, 1.82) is 5.26 Å². The van der Waals surface area contributed by atoms with E-state index >= 15 is 0 Å². The number of ether oxygens (including phenoxy) is 1. The van der Waals surface area contributed by atoms with E-state index in [-0.39, 0.29) is 43.1 Å². The third kappa shape index (κ3) is 5.56. The van der Waals surface area contributed by atoms with Crippen molar-refractivity contribution in [1.82, 2.24) is 20.5 Å². The Morgan fingerprint density at radius 3 is 2.62 bits per heavy atom. The number of anilines is 1. The van der Waals surface area contributed by atoms with Crippen molar-refractivity contribution in [2.75, 3.05) is 18.5 Å². The summed E-state index contributed by atoms with van der Waals surface area (Å²) in [6.07, 6.45) is 2.52. The number of carbonyl (C=O) groups excluding carboxylic acids is 4. The molecule has 0 radical (unpaired) electrons. The number of amides is 3. The highest BCUT2D eigenvalue weighted by atomic mass is 32.1. The predicted octanol–water partition coefficient (Wildman–Crippen LogP) is 1.28. The highest BCUT2D eigenvalue weighted by molar-refractivity contribution is 7.13. The summed E-state index contributed by atoms with van der Waals surface area (Å²) in [5, 5.41) is 20.7. The van der Waals surface area contributed by atoms with Gasteiger partial charge in [-0.25, -0.2) is 9.78 Å². The highest BCUT2D eigenvalue weighted by Crippen LogP contribution is 2.35. The molecule has 0 unspecified atom stereocenters. The number of thiazole rings is 1. The average Bonchev–Trinajstić information content (AvgIpc) is 3.59. The Kier molecular flexibility index (Phi) is 7.73. The van der Waals surface area contributed by atoms with Crippen LogP contribution in [0.1, 0.15) is 47.0 Å². The standard InChI is InChI=1S/C25H34N6O5S/c1-13(2)16-5-7-31-18(16)21(33)28-15(11-26)9-14-10-17(29-20(14)32)23(35)36-12-25(3,4)19(22(31)34)30-24-27-6-8-37-24/h6,8,13-19H,5,7,9-10,12H2,1-4H3,(H,27,30)(H,28,33)(H,29,32)/t14-,15+,16-,17+,18+,19-/m1/s1. The van der Waals surface area contributed by atoms with Crippen LogP contribution in [-0.2, 0) is 23.9 Å². The minimum Gasteiger partial charge on any atom is -0.463 e. The van der Waals surface area contributed by atoms with E-state index in [9.17, 15) is 24.4 Å². The Morgan fingerprint density at radius 1 is 1.22 bits per heavy atom. The zero-order valence-corrected chi connectivity index (χ0v) is 22.3. The molecule has 3 N–H and O–H groups in total. The molecule has 1 aromatic rings. The van der Waals surface area contributed by atoms with Gasteiger partial charge in [0, 0.05) is 29.5 Å². The van der Waals surface area contributed by atoms with Crippen molar-refractivity contribution >= 4 is 40.2 Å². The normalized spacial score (nSPS) is 32.5. The summed E-state index contributed by atoms with van der Waals surface area (Å²) in [7, 11) is 0. The molecule has 3 amide bonds. The Hall–Kier alpha value is -3.20. The topological polar surface area (TPSA) is 154 Å². The van der Waals surface area contributed by atoms with Crippen molar-refractivity contribution < 1.29 is 23.9 Å². The number of rotatable bonds is 3. The lowest BCUT2D eigenvalue weighted by molar-refractivity contribution is -0.152. The first kappa shape index (κ1) is 26.9. The molecule has 0 aliphatic carbocycles. The summed E-state index contributed by atoms with van der Waals surface area (Å²) in [6.45, 7) is 7.96. The summed E-state index contributed by atoms with van der Waals surface area (Å²) < 4.78 is 5.63. The number of aromatic nitrogens is 1. The maximum absolute atomic E-state index is 14.1. The molecule has 0 saturated carbocycles. The van der Waals surface area contributed by atoms with Crippen LogP contribution >= 0.6 is 11.3 Å². The molecule has 0 spiro atoms. The number of nitriles is 1. The van der Waals surface area contributed by atoms with Gasteiger partial charge in [-0.2, -0.15) is 5.26 Å². The van der Waals surface area contributed by atoms with Gasteiger partial charge in [-0.05, 0) is 31.1 Å². The second kappa shape index (κ2) is 10.7. The molecule has 4 heterocycles. The molecule has 2 bridgehead atoms. The van der Waals surface area contributed by atoms with Crippen molar-refractivity contribution in [2.24, 2.45) is 23.2 Å². The van der Waals surface area contributed by atoms with E-state index in [2.05, 4.69) is 27.0 Å². The highest BCUT2D eigenvalue weighted by Gasteiger charge is 2.49. The van der Waals surface area contributed by atoms with Gasteiger partial charge in [0.2, 0.25) is 17.7 Å². The lowest BCUT2D eigenvalue weighted by Gasteiger charge is -2.38. The quantitative estimate of drug-likeness (QED) is 0.494. The van der Waals surface area contributed by atoms with Gasteiger partial charge in [-0.1, -0.05) is 27.7 Å². The van der Waals surface area contributed by atoms with Crippen LogP contribution in [-0.4, -0.2) is 70.9 Å². The fourth-order valence-electron chi connectivity index (χ4n) is 5.50. The zero-order chi connectivity index (χ0) is 26.9. The Labute approximate surface area is 220 Å². The van der Waals surface area contributed by atoms with Crippen molar-refractivity contribution in [2.45, 2.75) is 71.1 Å². The molecule has 200 valence electrons. The summed E-state index contributed by atoms with van der Waals surface area (Å²) in [5.74, 6) is -2.21. The van der Waals surface area contributed by atoms with Crippen molar-refractivity contribution in [3.05, 3.63) is 11.6 Å². The first-order valence-corrected chi connectivity index (χ1v) is 13.5. The summed E-state index contributed by atoms with van der Waals surface area (Å²) >= 11 is 1.34. The van der Waals surface area contributed by atoms with Crippen LogP contribution in [0.15, 0.2) is 11.6 Å². The van der Waals surface area contributed by atoms with Crippen molar-refractivity contribution in [3.8, 4) is 6.07 Å². The molecule has 3 aliphatic rings. The second-order valence-corrected chi connectivity index (χ2v) is 12.0. The number of hydrogen-bond donors (Lipinski definition) is 3. The lowest BCUT2D eigenvalue weighted by atomic mass is 9.83. The minimum atomic E-state index is -0.936. The molecule has 37 heavy (non-hydrogen) atoms. The van der Waals surface area contributed by atoms with Crippen LogP contribution < -0.4 is 16.0 Å². The number of nitrogens with one attached hydrogen (secondary N) is 3. The van der Waals surface area contributed by atoms with E-state index in [0.29, 0.717) is 18.1 Å². The van der Waals surface area contributed by atoms with Gasteiger partial charge in [0.15, 0.2) is 5.13 Å². The van der Waals surface area contributed by atoms with Crippen LogP contribution in [0.2, 0.25) is 0 Å². The summed E-state index contributed by atoms with van der Waals surface area (Å²) in [5.41, 5.74) is -0.882. The third-order valence-corrected chi connectivity index (χ3v) is 8.36. The van der Waals surface area contributed by atoms with E-state index in [1.54, 1.807) is 16.5 Å². The van der Waals surface area contributed by atoms with Gasteiger partial charge in [0.25, 0.3) is 0 Å². The smallest absolute Gasteiger partial charge is 0.328 e. The third-order valence-electron chi connectivity index (χ3n) is 7.65. The molecule has 3 fully saturated rings. The molecule has 3 aliphatic heterocycles. The van der Waals surface area contributed by atoms with Crippen LogP contribution in [0, 0.1) is 34.5 Å². The van der Waals surface area contributed by atoms with Gasteiger partial charge in [-0.15, -0.1) is 11.3 Å². The second-order valence-electron chi connectivity index (χ2n) is 11.1. The number of hydrogen-bond acceptors (Lipinski definition) is 9. The largest absolute Gasteiger partial charge is 0.463 e. The van der Waals surface area contributed by atoms with E-state index in [1.165, 1.54) is 11.3 Å². The molecule has 1 aromatic heterocycles. The maximum Gasteiger partial charge on any atom is 0.328 e. The fraction of sp³-hybridized carbons (Fsp3) is 0.680. The number of esters is 1. The minimum absolute atomic E-state index is 0.0740. The Morgan fingerprint density at radius 2 is 1.97 bits per heavy atom. The van der Waals surface area contributed by atoms with E-state index in [4.69, 9.17) is 4.74 Å². The Bertz CT molecular complexity index is 1080. The summed E-state index contributed by atoms with van der Waals surface area (Å²) in [6, 6.07) is -1.32. The summed E-state index contributed by atoms with van der Waals surface area (Å²) in [4.78, 5) is 59.0. The van der Waals surface area contributed by atoms with Gasteiger partial charge >= 0.3 is 5.97 Å². The predicted molar refractivity (Wildman–Crippen MR) is 135 cm³/mol. The molecule has 12 heteroatoms. The fourth-order valence-corrected chi connectivity index (χ4v) is 6.06. The SMILES string of the molecule is CC(C)[C@H]1CCN2C(=O)[C@@H](Nc3nccs3)C(C)(C)COC(=O)[C@@H]3C[C@@H](C[C@@H](C#N)NC(=O)[C@H]12)C(=O)N3. The van der Waals surface area contributed by atoms with E-state index in [1.807, 2.05) is 27.7 Å². The lowest BCUT2D eigenvalue weighted by Crippen LogP contribution is -2.58. The van der Waals surface area contributed by atoms with Gasteiger partial charge in [0.05, 0.1) is 12.7 Å². The Balaban J connectivity index is 1.73. The number of nitrogens with zero attached hydrogens (tertiary/aromatic N) is 3. The number of carbonyl (C=O) groups is 4. The molecule has 0 aromatic carbocycles. The molecule has 4 rings (SSSR count). The van der Waals surface area contributed by atoms with Crippen LogP contribution in [0.25, 0.3) is 0 Å². The maximum atomic E-state index is 14.1. The van der Waals surface area contributed by atoms with E-state index < -0.39 is 47.4 Å². The van der Waals surface area contributed by atoms with Crippen LogP contribution in [0.4, 0.5) is 5.13 Å². The van der Waals surface area contributed by atoms with Gasteiger partial charge in [-0.3, -0.25) is 14.4 Å². The number of fused-ring (bicyclic) bond motifs is 3. The van der Waals surface area contributed by atoms with Crippen LogP contribution in [0.3, 0.4) is 0 Å². The first-order valence-electron chi connectivity index (χ1n) is 12.7. The number of cyclic esters (lactones) is 1. The molecule has 11 nitrogen and oxygen atoms in total. The monoisotopic (exact) mass is 530 g/mol. The molecule has 3 saturated heterocycles. The van der Waals surface area contributed by atoms with Gasteiger partial charge in [0.1, 0.15) is 24.2 Å². The molecule has 6 atom stereocenters. The zero-order valence-electron chi connectivity index (χ0n) is 21.5.